The third-order valence-corrected chi connectivity index (χ3v) is 9.80. The summed E-state index contributed by atoms with van der Waals surface area (Å²) in [4.78, 5) is 33.2. The molecule has 1 aliphatic heterocycles. The van der Waals surface area contributed by atoms with E-state index in [2.05, 4.69) is 56.5 Å². The first-order valence-electron chi connectivity index (χ1n) is 11.2. The molecule has 0 aliphatic carbocycles. The van der Waals surface area contributed by atoms with Crippen LogP contribution in [0.2, 0.25) is 0 Å². The van der Waals surface area contributed by atoms with E-state index in [1.165, 1.54) is 0 Å². The number of carbonyl (C=O) groups excluding carboxylic acids is 2. The number of hydrogen-bond donors (Lipinski definition) is 1. The molecule has 1 N–H and O–H groups in total. The van der Waals surface area contributed by atoms with Gasteiger partial charge in [-0.2, -0.15) is 9.78 Å². The molecule has 0 unspecified atom stereocenters. The van der Waals surface area contributed by atoms with Crippen molar-refractivity contribution in [2.75, 3.05) is 6.16 Å². The summed E-state index contributed by atoms with van der Waals surface area (Å²) in [5.74, 6) is -0.656. The zero-order chi connectivity index (χ0) is 25.2. The highest BCUT2D eigenvalue weighted by Gasteiger charge is 2.47. The van der Waals surface area contributed by atoms with Gasteiger partial charge in [-0.25, -0.2) is 0 Å². The molecule has 5 rings (SSSR count). The molecular weight excluding hydrogens is 477 g/mol. The Balaban J connectivity index is 0.000000543. The van der Waals surface area contributed by atoms with Crippen LogP contribution in [0.25, 0.3) is 0 Å². The minimum atomic E-state index is -2.32. The molecule has 0 atom stereocenters. The van der Waals surface area contributed by atoms with E-state index in [1.54, 1.807) is 24.3 Å². The van der Waals surface area contributed by atoms with Crippen molar-refractivity contribution in [2.24, 2.45) is 0 Å². The van der Waals surface area contributed by atoms with Gasteiger partial charge >= 0.3 is 0 Å². The lowest BCUT2D eigenvalue weighted by Crippen LogP contribution is -2.41. The summed E-state index contributed by atoms with van der Waals surface area (Å²) in [7, 11) is -2.32. The van der Waals surface area contributed by atoms with E-state index in [1.807, 2.05) is 60.7 Å². The van der Waals surface area contributed by atoms with Crippen molar-refractivity contribution in [2.45, 2.75) is 6.48 Å². The molecular formula is C28H24NO6P. The van der Waals surface area contributed by atoms with E-state index < -0.39 is 13.7 Å². The second kappa shape index (κ2) is 12.3. The van der Waals surface area contributed by atoms with Gasteiger partial charge in [-0.15, -0.1) is 0 Å². The topological polar surface area (TPSA) is 96.9 Å². The van der Waals surface area contributed by atoms with Crippen molar-refractivity contribution in [1.29, 1.82) is 0 Å². The van der Waals surface area contributed by atoms with Crippen molar-refractivity contribution >= 4 is 35.0 Å². The van der Waals surface area contributed by atoms with Crippen LogP contribution < -0.4 is 26.3 Å². The van der Waals surface area contributed by atoms with Crippen LogP contribution >= 0.6 is 7.26 Å². The zero-order valence-corrected chi connectivity index (χ0v) is 20.1. The van der Waals surface area contributed by atoms with Crippen LogP contribution in [0.5, 0.6) is 0 Å². The minimum absolute atomic E-state index is 0.212. The monoisotopic (exact) mass is 501 g/mol. The molecule has 0 saturated carbocycles. The highest BCUT2D eigenvalue weighted by molar-refractivity contribution is 7.96. The van der Waals surface area contributed by atoms with Gasteiger partial charge in [-0.05, 0) is 48.5 Å². The minimum Gasteiger partial charge on any atom is -0.804 e. The van der Waals surface area contributed by atoms with Crippen LogP contribution in [0, 0.1) is 0 Å². The Morgan fingerprint density at radius 2 is 1.03 bits per heavy atom. The summed E-state index contributed by atoms with van der Waals surface area (Å²) in [6.45, 7) is -1.41. The van der Waals surface area contributed by atoms with Crippen LogP contribution in [0.15, 0.2) is 121 Å². The van der Waals surface area contributed by atoms with E-state index in [9.17, 15) is 14.7 Å². The molecule has 1 saturated heterocycles. The van der Waals surface area contributed by atoms with Crippen molar-refractivity contribution in [3.8, 4) is 0 Å². The van der Waals surface area contributed by atoms with Crippen molar-refractivity contribution in [3.05, 3.63) is 127 Å². The Morgan fingerprint density at radius 1 is 0.667 bits per heavy atom. The molecule has 182 valence electrons. The number of nitrogens with one attached hydrogen (secondary N) is 1. The Morgan fingerprint density at radius 3 is 1.36 bits per heavy atom. The lowest BCUT2D eigenvalue weighted by molar-refractivity contribution is -0.820. The second-order valence-electron chi connectivity index (χ2n) is 7.77. The van der Waals surface area contributed by atoms with Crippen LogP contribution in [0.4, 0.5) is 0 Å². The maximum absolute atomic E-state index is 13.3. The Kier molecular flexibility index (Phi) is 8.68. The third kappa shape index (κ3) is 6.10. The predicted molar refractivity (Wildman–Crippen MR) is 136 cm³/mol. The molecule has 1 heterocycles. The van der Waals surface area contributed by atoms with E-state index in [-0.39, 0.29) is 18.0 Å². The van der Waals surface area contributed by atoms with E-state index >= 15 is 0 Å². The maximum atomic E-state index is 13.3. The molecule has 1 aliphatic rings. The molecule has 7 nitrogen and oxygen atoms in total. The summed E-state index contributed by atoms with van der Waals surface area (Å²) in [6.07, 6.45) is 0.212. The highest BCUT2D eigenvalue weighted by Crippen LogP contribution is 2.54. The molecule has 0 radical (unpaired) electrons. The second-order valence-corrected chi connectivity index (χ2v) is 11.3. The quantitative estimate of drug-likeness (QED) is 0.322. The predicted octanol–water partition coefficient (Wildman–Crippen LogP) is 2.46. The molecule has 36 heavy (non-hydrogen) atoms. The largest absolute Gasteiger partial charge is 0.804 e. The Bertz CT molecular complexity index is 1160. The van der Waals surface area contributed by atoms with Gasteiger partial charge in [0.1, 0.15) is 23.2 Å². The summed E-state index contributed by atoms with van der Waals surface area (Å²) in [5, 5.41) is 18.9. The summed E-state index contributed by atoms with van der Waals surface area (Å²) in [6, 6.07) is 39.3. The van der Waals surface area contributed by atoms with Gasteiger partial charge in [0.15, 0.2) is 12.6 Å². The highest BCUT2D eigenvalue weighted by atomic mass is 31.2. The lowest BCUT2D eigenvalue weighted by atomic mass is 10.2. The fourth-order valence-electron chi connectivity index (χ4n) is 3.88. The average molecular weight is 501 g/mol. The Hall–Kier alpha value is -3.71. The van der Waals surface area contributed by atoms with Gasteiger partial charge in [0, 0.05) is 5.56 Å². The van der Waals surface area contributed by atoms with Crippen LogP contribution in [0.3, 0.4) is 0 Å². The summed E-state index contributed by atoms with van der Waals surface area (Å²) >= 11 is 0. The Labute approximate surface area is 209 Å². The van der Waals surface area contributed by atoms with E-state index in [4.69, 9.17) is 0 Å². The van der Waals surface area contributed by atoms with Gasteiger partial charge in [0.05, 0.1) is 0 Å². The number of benzene rings is 4. The number of carbonyl (C=O) groups is 2. The first-order valence-corrected chi connectivity index (χ1v) is 13.2. The molecule has 1 fully saturated rings. The molecule has 0 bridgehead atoms. The van der Waals surface area contributed by atoms with Crippen LogP contribution in [-0.4, -0.2) is 24.5 Å². The fraction of sp³-hybridized carbons (Fsp3) is 0.0714. The molecule has 2 amide bonds. The smallest absolute Gasteiger partial charge is 0.265 e. The van der Waals surface area contributed by atoms with Gasteiger partial charge < -0.3 is 5.11 Å². The van der Waals surface area contributed by atoms with Crippen molar-refractivity contribution in [1.82, 2.24) is 5.32 Å². The number of imide groups is 1. The third-order valence-electron chi connectivity index (χ3n) is 5.50. The van der Waals surface area contributed by atoms with E-state index in [0.29, 0.717) is 5.56 Å². The first-order chi connectivity index (χ1) is 17.6. The van der Waals surface area contributed by atoms with E-state index in [0.717, 1.165) is 15.9 Å². The normalized spacial score (nSPS) is 13.0. The van der Waals surface area contributed by atoms with Crippen LogP contribution in [0.1, 0.15) is 10.4 Å². The van der Waals surface area contributed by atoms with Crippen molar-refractivity contribution < 1.29 is 29.5 Å². The van der Waals surface area contributed by atoms with Gasteiger partial charge in [-0.1, -0.05) is 77.8 Å². The molecule has 0 spiro atoms. The fourth-order valence-corrected chi connectivity index (χ4v) is 7.88. The van der Waals surface area contributed by atoms with Crippen molar-refractivity contribution in [3.63, 3.8) is 0 Å². The average Bonchev–Trinajstić information content (AvgIpc) is 2.93. The number of amides is 2. The summed E-state index contributed by atoms with van der Waals surface area (Å²) < 4.78 is 0. The van der Waals surface area contributed by atoms with Gasteiger partial charge in [-0.3, -0.25) is 14.9 Å². The summed E-state index contributed by atoms with van der Waals surface area (Å²) in [5.41, 5.74) is 0.471. The van der Waals surface area contributed by atoms with Gasteiger partial charge in [0.25, 0.3) is 11.8 Å². The molecule has 4 aromatic carbocycles. The van der Waals surface area contributed by atoms with Crippen LogP contribution in [-0.2, 0) is 19.6 Å². The molecule has 4 aromatic rings. The lowest BCUT2D eigenvalue weighted by Gasteiger charge is -2.27. The first kappa shape index (κ1) is 25.4. The molecule has 0 aromatic heterocycles. The maximum Gasteiger partial charge on any atom is 0.265 e. The number of rotatable bonds is 6. The number of hydrogen-bond acceptors (Lipinski definition) is 6. The molecule has 8 heteroatoms. The zero-order valence-electron chi connectivity index (χ0n) is 19.2. The standard InChI is InChI=1S/C27H22NO2P.CHO4/c29-26(28-27(30)22-13-5-1-6-14-22)21-31(23-15-7-2-8-16-23,24-17-9-3-10-18-24)25-19-11-4-12-20-25;2-1-3-5-4-1/h1-20H,21H2;1H/q;-1/p+1. The van der Waals surface area contributed by atoms with Gasteiger partial charge in [0.2, 0.25) is 0 Å². The SMILES string of the molecule is O=C(C[P+](c1ccccc1)(c1ccccc1)c1ccccc1)NC(=O)c1ccccc1.[O-]C1OOO1.